The molecular weight excluding hydrogens is 363 g/mol. The van der Waals surface area contributed by atoms with E-state index in [2.05, 4.69) is 15.4 Å². The molecule has 27 heavy (non-hydrogen) atoms. The maximum atomic E-state index is 12.2. The Morgan fingerprint density at radius 2 is 1.96 bits per heavy atom. The summed E-state index contributed by atoms with van der Waals surface area (Å²) in [5.74, 6) is 0.0641. The number of carbonyl (C=O) groups excluding carboxylic acids is 1. The number of hydrogen-bond acceptors (Lipinski definition) is 5. The van der Waals surface area contributed by atoms with Crippen LogP contribution < -0.4 is 20.1 Å². The number of methoxy groups -OCH3 is 1. The first kappa shape index (κ1) is 19.9. The van der Waals surface area contributed by atoms with Gasteiger partial charge in [-0.3, -0.25) is 4.79 Å². The van der Waals surface area contributed by atoms with E-state index in [1.807, 2.05) is 0 Å². The number of rotatable bonds is 7. The molecule has 0 bridgehead atoms. The molecule has 0 aliphatic rings. The van der Waals surface area contributed by atoms with E-state index >= 15 is 0 Å². The number of halogens is 3. The molecule has 1 amide bonds. The number of alkyl halides is 3. The fourth-order valence-electron chi connectivity index (χ4n) is 2.10. The zero-order chi connectivity index (χ0) is 19.9. The van der Waals surface area contributed by atoms with E-state index in [9.17, 15) is 18.0 Å². The average Bonchev–Trinajstić information content (AvgIpc) is 2.64. The normalized spacial score (nSPS) is 10.6. The summed E-state index contributed by atoms with van der Waals surface area (Å²) in [6.07, 6.45) is -4.50. The second-order valence-electron chi connectivity index (χ2n) is 5.36. The predicted octanol–water partition coefficient (Wildman–Crippen LogP) is 3.56. The molecule has 0 fully saturated rings. The van der Waals surface area contributed by atoms with Crippen molar-refractivity contribution >= 4 is 17.3 Å². The molecule has 9 heteroatoms. The first-order chi connectivity index (χ1) is 12.8. The Hall–Kier alpha value is -3.41. The van der Waals surface area contributed by atoms with Crippen molar-refractivity contribution in [3.8, 4) is 17.6 Å². The van der Waals surface area contributed by atoms with E-state index in [4.69, 9.17) is 10.00 Å². The number of anilines is 2. The van der Waals surface area contributed by atoms with E-state index in [-0.39, 0.29) is 23.8 Å². The molecule has 0 unspecified atom stereocenters. The van der Waals surface area contributed by atoms with Crippen LogP contribution in [0.4, 0.5) is 24.5 Å². The SMILES string of the molecule is COc1cccc(NC(=O)CNc2ccc(OCC(F)(F)F)c(C#N)c2)c1. The van der Waals surface area contributed by atoms with Crippen LogP contribution in [-0.4, -0.2) is 32.3 Å². The number of hydrogen-bond donors (Lipinski definition) is 2. The highest BCUT2D eigenvalue weighted by atomic mass is 19.4. The molecular formula is C18H16F3N3O3. The molecule has 0 radical (unpaired) electrons. The topological polar surface area (TPSA) is 83.4 Å². The van der Waals surface area contributed by atoms with Crippen LogP contribution in [0.25, 0.3) is 0 Å². The van der Waals surface area contributed by atoms with E-state index < -0.39 is 12.8 Å². The van der Waals surface area contributed by atoms with Gasteiger partial charge in [0.25, 0.3) is 0 Å². The van der Waals surface area contributed by atoms with Crippen LogP contribution in [0.3, 0.4) is 0 Å². The van der Waals surface area contributed by atoms with Gasteiger partial charge >= 0.3 is 6.18 Å². The summed E-state index contributed by atoms with van der Waals surface area (Å²) in [6.45, 7) is -1.60. The Balaban J connectivity index is 1.95. The van der Waals surface area contributed by atoms with Crippen molar-refractivity contribution in [2.24, 2.45) is 0 Å². The third-order valence-corrected chi connectivity index (χ3v) is 3.30. The maximum absolute atomic E-state index is 12.2. The van der Waals surface area contributed by atoms with Crippen LogP contribution in [0, 0.1) is 11.3 Å². The first-order valence-corrected chi connectivity index (χ1v) is 7.72. The van der Waals surface area contributed by atoms with Crippen LogP contribution in [-0.2, 0) is 4.79 Å². The zero-order valence-electron chi connectivity index (χ0n) is 14.3. The third-order valence-electron chi connectivity index (χ3n) is 3.30. The van der Waals surface area contributed by atoms with Gasteiger partial charge in [0, 0.05) is 17.4 Å². The van der Waals surface area contributed by atoms with Crippen LogP contribution in [0.1, 0.15) is 5.56 Å². The summed E-state index contributed by atoms with van der Waals surface area (Å²) in [7, 11) is 1.51. The van der Waals surface area contributed by atoms with Crippen LogP contribution in [0.2, 0.25) is 0 Å². The lowest BCUT2D eigenvalue weighted by molar-refractivity contribution is -0.153. The van der Waals surface area contributed by atoms with Gasteiger partial charge in [0.15, 0.2) is 6.61 Å². The summed E-state index contributed by atoms with van der Waals surface area (Å²) in [5.41, 5.74) is 0.874. The van der Waals surface area contributed by atoms with Gasteiger partial charge in [0.2, 0.25) is 5.91 Å². The number of carbonyl (C=O) groups is 1. The molecule has 0 aliphatic carbocycles. The van der Waals surface area contributed by atoms with Gasteiger partial charge in [0.05, 0.1) is 19.2 Å². The van der Waals surface area contributed by atoms with E-state index in [0.29, 0.717) is 17.1 Å². The molecule has 2 N–H and O–H groups in total. The van der Waals surface area contributed by atoms with Crippen molar-refractivity contribution < 1.29 is 27.4 Å². The minimum Gasteiger partial charge on any atom is -0.497 e. The Morgan fingerprint density at radius 3 is 2.63 bits per heavy atom. The smallest absolute Gasteiger partial charge is 0.422 e. The minimum atomic E-state index is -4.50. The molecule has 2 rings (SSSR count). The highest BCUT2D eigenvalue weighted by Gasteiger charge is 2.28. The molecule has 0 saturated heterocycles. The first-order valence-electron chi connectivity index (χ1n) is 7.72. The maximum Gasteiger partial charge on any atom is 0.422 e. The molecule has 2 aromatic carbocycles. The summed E-state index contributed by atoms with van der Waals surface area (Å²) in [4.78, 5) is 12.0. The van der Waals surface area contributed by atoms with Crippen molar-refractivity contribution in [3.05, 3.63) is 48.0 Å². The quantitative estimate of drug-likeness (QED) is 0.769. The van der Waals surface area contributed by atoms with Crippen molar-refractivity contribution in [2.75, 3.05) is 30.9 Å². The van der Waals surface area contributed by atoms with Crippen molar-refractivity contribution in [1.82, 2.24) is 0 Å². The van der Waals surface area contributed by atoms with E-state index in [1.54, 1.807) is 30.3 Å². The number of benzene rings is 2. The Bertz CT molecular complexity index is 848. The average molecular weight is 379 g/mol. The van der Waals surface area contributed by atoms with Gasteiger partial charge in [0.1, 0.15) is 17.6 Å². The standard InChI is InChI=1S/C18H16F3N3O3/c1-26-15-4-2-3-14(8-15)24-17(25)10-23-13-5-6-16(12(7-13)9-22)27-11-18(19,20)21/h2-8,23H,10-11H2,1H3,(H,24,25). The summed E-state index contributed by atoms with van der Waals surface area (Å²) in [6, 6.07) is 12.5. The monoisotopic (exact) mass is 379 g/mol. The lowest BCUT2D eigenvalue weighted by atomic mass is 10.2. The van der Waals surface area contributed by atoms with Crippen LogP contribution in [0.5, 0.6) is 11.5 Å². The molecule has 0 aliphatic heterocycles. The molecule has 6 nitrogen and oxygen atoms in total. The molecule has 2 aromatic rings. The largest absolute Gasteiger partial charge is 0.497 e. The number of nitriles is 1. The number of nitrogens with one attached hydrogen (secondary N) is 2. The van der Waals surface area contributed by atoms with Crippen molar-refractivity contribution in [1.29, 1.82) is 5.26 Å². The van der Waals surface area contributed by atoms with Crippen LogP contribution in [0.15, 0.2) is 42.5 Å². The van der Waals surface area contributed by atoms with Gasteiger partial charge in [-0.2, -0.15) is 18.4 Å². The second kappa shape index (κ2) is 8.80. The van der Waals surface area contributed by atoms with E-state index in [1.165, 1.54) is 25.3 Å². The number of amides is 1. The van der Waals surface area contributed by atoms with Crippen molar-refractivity contribution in [2.45, 2.75) is 6.18 Å². The Kier molecular flexibility index (Phi) is 6.49. The van der Waals surface area contributed by atoms with Gasteiger partial charge in [-0.05, 0) is 30.3 Å². The highest BCUT2D eigenvalue weighted by Crippen LogP contribution is 2.25. The highest BCUT2D eigenvalue weighted by molar-refractivity contribution is 5.93. The Morgan fingerprint density at radius 1 is 1.19 bits per heavy atom. The molecule has 0 atom stereocenters. The molecule has 0 heterocycles. The lowest BCUT2D eigenvalue weighted by Crippen LogP contribution is -2.22. The summed E-state index contributed by atoms with van der Waals surface area (Å²) >= 11 is 0. The molecule has 142 valence electrons. The molecule has 0 spiro atoms. The van der Waals surface area contributed by atoms with E-state index in [0.717, 1.165) is 0 Å². The van der Waals surface area contributed by atoms with Crippen molar-refractivity contribution in [3.63, 3.8) is 0 Å². The van der Waals surface area contributed by atoms with Gasteiger partial charge in [-0.15, -0.1) is 0 Å². The van der Waals surface area contributed by atoms with Gasteiger partial charge < -0.3 is 20.1 Å². The van der Waals surface area contributed by atoms with Gasteiger partial charge in [-0.1, -0.05) is 6.07 Å². The summed E-state index contributed by atoms with van der Waals surface area (Å²) in [5, 5.41) is 14.5. The number of ether oxygens (including phenoxy) is 2. The fourth-order valence-corrected chi connectivity index (χ4v) is 2.10. The molecule has 0 saturated carbocycles. The second-order valence-corrected chi connectivity index (χ2v) is 5.36. The Labute approximate surface area is 153 Å². The zero-order valence-corrected chi connectivity index (χ0v) is 14.3. The van der Waals surface area contributed by atoms with Gasteiger partial charge in [-0.25, -0.2) is 0 Å². The predicted molar refractivity (Wildman–Crippen MR) is 92.8 cm³/mol. The third kappa shape index (κ3) is 6.43. The minimum absolute atomic E-state index is 0.0718. The molecule has 0 aromatic heterocycles. The number of nitrogens with zero attached hydrogens (tertiary/aromatic N) is 1. The summed E-state index contributed by atoms with van der Waals surface area (Å²) < 4.78 is 46.3. The lowest BCUT2D eigenvalue weighted by Gasteiger charge is -2.12. The fraction of sp³-hybridized carbons (Fsp3) is 0.222. The van der Waals surface area contributed by atoms with Crippen LogP contribution >= 0.6 is 0 Å².